The second-order valence-corrected chi connectivity index (χ2v) is 4.90. The topological polar surface area (TPSA) is 12.0 Å². The number of halogens is 1. The molecule has 0 saturated heterocycles. The number of hydrogen-bond donors (Lipinski definition) is 1. The minimum Gasteiger partial charge on any atom is -0.316 e. The van der Waals surface area contributed by atoms with Crippen LogP contribution in [0.15, 0.2) is 60.6 Å². The quantitative estimate of drug-likeness (QED) is 0.882. The number of hydrogen-bond acceptors (Lipinski definition) is 1. The van der Waals surface area contributed by atoms with E-state index in [1.54, 1.807) is 6.07 Å². The third-order valence-electron chi connectivity index (χ3n) is 3.18. The molecule has 0 radical (unpaired) electrons. The van der Waals surface area contributed by atoms with Crippen LogP contribution in [-0.2, 0) is 0 Å². The summed E-state index contributed by atoms with van der Waals surface area (Å²) >= 11 is 6.13. The average Bonchev–Trinajstić information content (AvgIpc) is 2.94. The van der Waals surface area contributed by atoms with Gasteiger partial charge >= 0.3 is 0 Å². The minimum absolute atomic E-state index is 0.201. The molecule has 0 fully saturated rings. The molecule has 1 N–H and O–H groups in total. The van der Waals surface area contributed by atoms with Crippen molar-refractivity contribution in [3.05, 3.63) is 82.3 Å². The fourth-order valence-electron chi connectivity index (χ4n) is 2.27. The zero-order valence-electron chi connectivity index (χ0n) is 16.0. The van der Waals surface area contributed by atoms with Crippen LogP contribution in [0.1, 0.15) is 23.5 Å². The van der Waals surface area contributed by atoms with Crippen molar-refractivity contribution in [2.45, 2.75) is 0 Å². The molecule has 0 bridgehead atoms. The van der Waals surface area contributed by atoms with E-state index in [0.717, 1.165) is 16.7 Å². The van der Waals surface area contributed by atoms with E-state index < -0.39 is 0 Å². The first kappa shape index (κ1) is 8.46. The summed E-state index contributed by atoms with van der Waals surface area (Å²) in [5.74, 6) is 0. The van der Waals surface area contributed by atoms with Crippen molar-refractivity contribution in [1.29, 1.82) is 0 Å². The van der Waals surface area contributed by atoms with Crippen molar-refractivity contribution in [3.63, 3.8) is 0 Å². The van der Waals surface area contributed by atoms with Crippen LogP contribution in [-0.4, -0.2) is 13.6 Å². The van der Waals surface area contributed by atoms with Crippen LogP contribution < -0.4 is 5.32 Å². The Morgan fingerprint density at radius 2 is 2.00 bits per heavy atom. The molecule has 0 atom stereocenters. The van der Waals surface area contributed by atoms with Gasteiger partial charge in [-0.05, 0) is 53.1 Å². The highest BCUT2D eigenvalue weighted by molar-refractivity contribution is 6.31. The highest BCUT2D eigenvalue weighted by Gasteiger charge is 2.19. The van der Waals surface area contributed by atoms with E-state index in [1.807, 2.05) is 31.3 Å². The van der Waals surface area contributed by atoms with Crippen LogP contribution in [0.2, 0.25) is 5.02 Å². The molecule has 100 valence electrons. The lowest BCUT2D eigenvalue weighted by molar-refractivity contribution is 0.921. The van der Waals surface area contributed by atoms with Crippen molar-refractivity contribution in [2.24, 2.45) is 0 Å². The van der Waals surface area contributed by atoms with Crippen molar-refractivity contribution >= 4 is 22.7 Å². The summed E-state index contributed by atoms with van der Waals surface area (Å²) in [7, 11) is 1.84. The Bertz CT molecular complexity index is 905. The van der Waals surface area contributed by atoms with Gasteiger partial charge in [0.1, 0.15) is 0 Å². The summed E-state index contributed by atoms with van der Waals surface area (Å²) in [6, 6.07) is 3.94. The first-order chi connectivity index (χ1) is 11.9. The maximum absolute atomic E-state index is 8.22. The normalized spacial score (nSPS) is 18.8. The predicted molar refractivity (Wildman–Crippen MR) is 86.9 cm³/mol. The van der Waals surface area contributed by atoms with Gasteiger partial charge in [-0.2, -0.15) is 0 Å². The van der Waals surface area contributed by atoms with Gasteiger partial charge in [0.2, 0.25) is 0 Å². The average molecular weight is 287 g/mol. The van der Waals surface area contributed by atoms with E-state index in [0.29, 0.717) is 17.1 Å². The van der Waals surface area contributed by atoms with Gasteiger partial charge in [-0.15, -0.1) is 0 Å². The van der Waals surface area contributed by atoms with Crippen LogP contribution in [0.5, 0.6) is 0 Å². The van der Waals surface area contributed by atoms with Gasteiger partial charge in [-0.1, -0.05) is 54.0 Å². The molecule has 3 rings (SSSR count). The molecule has 0 aliphatic heterocycles. The van der Waals surface area contributed by atoms with Crippen LogP contribution in [0.25, 0.3) is 11.1 Å². The minimum atomic E-state index is -0.389. The lowest BCUT2D eigenvalue weighted by Crippen LogP contribution is -2.04. The summed E-state index contributed by atoms with van der Waals surface area (Å²) in [6.45, 7) is 0.644. The summed E-state index contributed by atoms with van der Waals surface area (Å²) in [5, 5.41) is 3.63. The Morgan fingerprint density at radius 1 is 1.20 bits per heavy atom. The predicted octanol–water partition coefficient (Wildman–Crippen LogP) is 4.39. The monoisotopic (exact) mass is 286 g/mol. The fourth-order valence-corrected chi connectivity index (χ4v) is 2.45. The maximum atomic E-state index is 8.22. The molecule has 1 aliphatic carbocycles. The van der Waals surface area contributed by atoms with Gasteiger partial charge in [0, 0.05) is 11.6 Å². The molecule has 1 aliphatic rings. The van der Waals surface area contributed by atoms with Gasteiger partial charge in [-0.25, -0.2) is 0 Å². The molecule has 0 saturated carbocycles. The number of benzene rings is 2. The highest BCUT2D eigenvalue weighted by atomic mass is 35.5. The molecule has 0 unspecified atom stereocenters. The molecule has 2 aromatic rings. The van der Waals surface area contributed by atoms with Gasteiger partial charge in [-0.3, -0.25) is 0 Å². The molecule has 0 spiro atoms. The zero-order chi connectivity index (χ0) is 18.3. The van der Waals surface area contributed by atoms with Crippen LogP contribution in [0, 0.1) is 0 Å². The molecule has 2 heteroatoms. The highest BCUT2D eigenvalue weighted by Crippen LogP contribution is 2.39. The Kier molecular flexibility index (Phi) is 2.39. The largest absolute Gasteiger partial charge is 0.316 e. The van der Waals surface area contributed by atoms with Gasteiger partial charge < -0.3 is 5.32 Å². The van der Waals surface area contributed by atoms with E-state index in [9.17, 15) is 0 Å². The first-order valence-corrected chi connectivity index (χ1v) is 6.68. The van der Waals surface area contributed by atoms with E-state index in [-0.39, 0.29) is 35.8 Å². The van der Waals surface area contributed by atoms with Crippen LogP contribution >= 0.6 is 11.6 Å². The van der Waals surface area contributed by atoms with E-state index in [1.165, 1.54) is 0 Å². The van der Waals surface area contributed by atoms with E-state index in [2.05, 4.69) is 5.32 Å². The summed E-state index contributed by atoms with van der Waals surface area (Å²) in [5.41, 5.74) is 3.44. The Morgan fingerprint density at radius 3 is 2.75 bits per heavy atom. The molecular formula is C18H16ClN. The second kappa shape index (κ2) is 5.66. The molecule has 2 aromatic carbocycles. The van der Waals surface area contributed by atoms with Crippen molar-refractivity contribution in [1.82, 2.24) is 5.32 Å². The fraction of sp³-hybridized carbons (Fsp3) is 0.111. The smallest absolute Gasteiger partial charge is 0.0629 e. The number of nitrogens with one attached hydrogen (secondary N) is 1. The van der Waals surface area contributed by atoms with Crippen molar-refractivity contribution in [3.8, 4) is 0 Å². The Hall–Kier alpha value is -1.83. The van der Waals surface area contributed by atoms with E-state index in [4.69, 9.17) is 18.5 Å². The Balaban J connectivity index is 2.29. The van der Waals surface area contributed by atoms with Gasteiger partial charge in [0.05, 0.1) is 6.85 Å². The first-order valence-electron chi connectivity index (χ1n) is 8.80. The molecular weight excluding hydrogens is 266 g/mol. The second-order valence-electron chi connectivity index (χ2n) is 4.47. The standard InChI is InChI=1S/C18H16ClN/c1-20-10-9-14-11-17(13-5-3-2-4-6-13)16-8-7-15(19)12-18(14)16/h2-9,11-12,20H,10H2,1H3/b14-9+/i2D,3D,4D,5D,6D. The number of rotatable bonds is 3. The molecule has 1 nitrogen and oxygen atoms in total. The molecule has 20 heavy (non-hydrogen) atoms. The van der Waals surface area contributed by atoms with Crippen molar-refractivity contribution in [2.75, 3.05) is 13.6 Å². The summed E-state index contributed by atoms with van der Waals surface area (Å²) in [4.78, 5) is 0. The number of likely N-dealkylation sites (N-methyl/N-ethyl adjacent to an activating group) is 1. The van der Waals surface area contributed by atoms with E-state index >= 15 is 0 Å². The number of fused-ring (bicyclic) bond motifs is 1. The molecule has 0 heterocycles. The maximum Gasteiger partial charge on any atom is 0.0629 e. The van der Waals surface area contributed by atoms with Crippen molar-refractivity contribution < 1.29 is 6.85 Å². The van der Waals surface area contributed by atoms with Gasteiger partial charge in [0.15, 0.2) is 0 Å². The third-order valence-corrected chi connectivity index (χ3v) is 3.41. The number of allylic oxidation sites excluding steroid dienone is 2. The summed E-state index contributed by atoms with van der Waals surface area (Å²) < 4.78 is 40.0. The lowest BCUT2D eigenvalue weighted by Gasteiger charge is -2.06. The molecule has 0 aromatic heterocycles. The molecule has 0 amide bonds. The lowest BCUT2D eigenvalue weighted by atomic mass is 9.99. The zero-order valence-corrected chi connectivity index (χ0v) is 11.7. The summed E-state index contributed by atoms with van der Waals surface area (Å²) in [6.07, 6.45) is 3.84. The third kappa shape index (κ3) is 2.43. The van der Waals surface area contributed by atoms with Crippen LogP contribution in [0.4, 0.5) is 0 Å². The SMILES string of the molecule is [2H]c1c([2H])c([2H])c(C2=C/C(=C\CNC)c3cc(Cl)ccc32)c([2H])c1[2H]. The Labute approximate surface area is 131 Å². The van der Waals surface area contributed by atoms with Gasteiger partial charge in [0.25, 0.3) is 0 Å². The van der Waals surface area contributed by atoms with Crippen LogP contribution in [0.3, 0.4) is 0 Å².